The number of aryl methyl sites for hydroxylation is 2. The molecule has 0 amide bonds. The van der Waals surface area contributed by atoms with Gasteiger partial charge < -0.3 is 10.2 Å². The molecule has 22 heavy (non-hydrogen) atoms. The van der Waals surface area contributed by atoms with Gasteiger partial charge in [0.1, 0.15) is 11.5 Å². The molecule has 2 N–H and O–H groups in total. The molecule has 2 aromatic rings. The smallest absolute Gasteiger partial charge is 0.115 e. The van der Waals surface area contributed by atoms with Crippen molar-refractivity contribution in [1.29, 1.82) is 0 Å². The molecule has 0 unspecified atom stereocenters. The maximum absolute atomic E-state index is 9.65. The number of hydrogen-bond acceptors (Lipinski definition) is 2. The summed E-state index contributed by atoms with van der Waals surface area (Å²) in [6.45, 7) is 8.56. The summed E-state index contributed by atoms with van der Waals surface area (Å²) < 4.78 is 0. The quantitative estimate of drug-likeness (QED) is 0.775. The highest BCUT2D eigenvalue weighted by molar-refractivity contribution is 5.41. The Morgan fingerprint density at radius 1 is 0.727 bits per heavy atom. The zero-order valence-electron chi connectivity index (χ0n) is 13.9. The zero-order chi connectivity index (χ0) is 16.3. The van der Waals surface area contributed by atoms with Crippen LogP contribution in [-0.2, 0) is 0 Å². The Morgan fingerprint density at radius 3 is 1.36 bits per heavy atom. The van der Waals surface area contributed by atoms with E-state index >= 15 is 0 Å². The van der Waals surface area contributed by atoms with Gasteiger partial charge in [-0.25, -0.2) is 0 Å². The third-order valence-electron chi connectivity index (χ3n) is 4.67. The topological polar surface area (TPSA) is 40.5 Å². The Balaban J connectivity index is 2.46. The van der Waals surface area contributed by atoms with E-state index in [1.165, 1.54) is 11.1 Å². The molecule has 0 aliphatic carbocycles. The molecular weight excluding hydrogens is 272 g/mol. The molecule has 0 bridgehead atoms. The SMILES string of the molecule is CC[C@H](c1ccc(O)cc1C)[C@@H](CC)c1ccc(O)cc1C. The highest BCUT2D eigenvalue weighted by Crippen LogP contribution is 2.41. The Kier molecular flexibility index (Phi) is 5.12. The summed E-state index contributed by atoms with van der Waals surface area (Å²) in [5, 5.41) is 19.3. The second-order valence-electron chi connectivity index (χ2n) is 6.11. The molecule has 2 heteroatoms. The maximum atomic E-state index is 9.65. The van der Waals surface area contributed by atoms with Crippen LogP contribution in [0.1, 0.15) is 60.8 Å². The molecule has 2 nitrogen and oxygen atoms in total. The van der Waals surface area contributed by atoms with Gasteiger partial charge in [-0.15, -0.1) is 0 Å². The molecule has 0 saturated heterocycles. The van der Waals surface area contributed by atoms with Crippen LogP contribution in [0.3, 0.4) is 0 Å². The van der Waals surface area contributed by atoms with E-state index < -0.39 is 0 Å². The van der Waals surface area contributed by atoms with E-state index in [0.29, 0.717) is 23.3 Å². The average Bonchev–Trinajstić information content (AvgIpc) is 2.47. The normalized spacial score (nSPS) is 13.8. The largest absolute Gasteiger partial charge is 0.508 e. The van der Waals surface area contributed by atoms with Crippen molar-refractivity contribution in [2.24, 2.45) is 0 Å². The minimum Gasteiger partial charge on any atom is -0.508 e. The molecule has 0 aromatic heterocycles. The Hall–Kier alpha value is -1.96. The van der Waals surface area contributed by atoms with E-state index in [2.05, 4.69) is 39.8 Å². The minimum absolute atomic E-state index is 0.324. The summed E-state index contributed by atoms with van der Waals surface area (Å²) in [7, 11) is 0. The van der Waals surface area contributed by atoms with Crippen LogP contribution in [0.25, 0.3) is 0 Å². The van der Waals surface area contributed by atoms with Crippen molar-refractivity contribution < 1.29 is 10.2 Å². The minimum atomic E-state index is 0.324. The first kappa shape index (κ1) is 16.4. The predicted molar refractivity (Wildman–Crippen MR) is 91.8 cm³/mol. The number of hydrogen-bond donors (Lipinski definition) is 2. The van der Waals surface area contributed by atoms with Crippen molar-refractivity contribution in [3.63, 3.8) is 0 Å². The summed E-state index contributed by atoms with van der Waals surface area (Å²) in [5.41, 5.74) is 4.89. The van der Waals surface area contributed by atoms with Crippen molar-refractivity contribution in [1.82, 2.24) is 0 Å². The van der Waals surface area contributed by atoms with Crippen molar-refractivity contribution in [3.05, 3.63) is 58.7 Å². The van der Waals surface area contributed by atoms with Gasteiger partial charge in [-0.3, -0.25) is 0 Å². The van der Waals surface area contributed by atoms with E-state index in [9.17, 15) is 10.2 Å². The van der Waals surface area contributed by atoms with Crippen molar-refractivity contribution in [3.8, 4) is 11.5 Å². The van der Waals surface area contributed by atoms with E-state index in [4.69, 9.17) is 0 Å². The standard InChI is InChI=1S/C20H26O2/c1-5-17(19-9-7-15(21)11-13(19)3)18(6-2)20-10-8-16(22)12-14(20)4/h7-12,17-18,21-22H,5-6H2,1-4H3/t17-,18+. The van der Waals surface area contributed by atoms with Crippen LogP contribution in [0.4, 0.5) is 0 Å². The number of aromatic hydroxyl groups is 2. The highest BCUT2D eigenvalue weighted by Gasteiger charge is 2.24. The van der Waals surface area contributed by atoms with Gasteiger partial charge >= 0.3 is 0 Å². The molecule has 0 spiro atoms. The zero-order valence-corrected chi connectivity index (χ0v) is 13.9. The van der Waals surface area contributed by atoms with Gasteiger partial charge in [0.05, 0.1) is 0 Å². The van der Waals surface area contributed by atoms with Gasteiger partial charge in [0.15, 0.2) is 0 Å². The third kappa shape index (κ3) is 3.27. The first-order chi connectivity index (χ1) is 10.5. The van der Waals surface area contributed by atoms with Gasteiger partial charge in [-0.2, -0.15) is 0 Å². The second kappa shape index (κ2) is 6.87. The molecular formula is C20H26O2. The lowest BCUT2D eigenvalue weighted by molar-refractivity contribution is 0.468. The van der Waals surface area contributed by atoms with Crippen LogP contribution in [0.15, 0.2) is 36.4 Å². The van der Waals surface area contributed by atoms with Gasteiger partial charge in [-0.1, -0.05) is 26.0 Å². The number of phenols is 2. The summed E-state index contributed by atoms with van der Waals surface area (Å²) in [4.78, 5) is 0. The fraction of sp³-hybridized carbons (Fsp3) is 0.400. The predicted octanol–water partition coefficient (Wildman–Crippen LogP) is 5.40. The Labute approximate surface area is 133 Å². The molecule has 118 valence electrons. The lowest BCUT2D eigenvalue weighted by atomic mass is 9.76. The van der Waals surface area contributed by atoms with Crippen LogP contribution in [0.2, 0.25) is 0 Å². The lowest BCUT2D eigenvalue weighted by Gasteiger charge is -2.29. The Morgan fingerprint density at radius 2 is 1.09 bits per heavy atom. The molecule has 0 heterocycles. The first-order valence-corrected chi connectivity index (χ1v) is 8.06. The van der Waals surface area contributed by atoms with Gasteiger partial charge in [0.2, 0.25) is 0 Å². The molecule has 0 aliphatic heterocycles. The van der Waals surface area contributed by atoms with Crippen molar-refractivity contribution in [2.45, 2.75) is 52.4 Å². The maximum Gasteiger partial charge on any atom is 0.115 e. The molecule has 0 aliphatic rings. The summed E-state index contributed by atoms with van der Waals surface area (Å²) in [6, 6.07) is 11.3. The number of rotatable bonds is 5. The molecule has 2 atom stereocenters. The summed E-state index contributed by atoms with van der Waals surface area (Å²) in [5.74, 6) is 1.47. The van der Waals surface area contributed by atoms with Crippen LogP contribution in [0.5, 0.6) is 11.5 Å². The molecule has 0 fully saturated rings. The number of benzene rings is 2. The lowest BCUT2D eigenvalue weighted by Crippen LogP contribution is -2.12. The second-order valence-corrected chi connectivity index (χ2v) is 6.11. The number of phenolic OH excluding ortho intramolecular Hbond substituents is 2. The highest BCUT2D eigenvalue weighted by atomic mass is 16.3. The molecule has 2 rings (SSSR count). The van der Waals surface area contributed by atoms with Crippen molar-refractivity contribution in [2.75, 3.05) is 0 Å². The third-order valence-corrected chi connectivity index (χ3v) is 4.67. The molecule has 2 aromatic carbocycles. The van der Waals surface area contributed by atoms with Gasteiger partial charge in [0.25, 0.3) is 0 Å². The van der Waals surface area contributed by atoms with Crippen molar-refractivity contribution >= 4 is 0 Å². The van der Waals surface area contributed by atoms with E-state index in [1.807, 2.05) is 12.1 Å². The van der Waals surface area contributed by atoms with Gasteiger partial charge in [0, 0.05) is 0 Å². The molecule has 0 radical (unpaired) electrons. The van der Waals surface area contributed by atoms with Crippen LogP contribution in [0, 0.1) is 13.8 Å². The van der Waals surface area contributed by atoms with E-state index in [-0.39, 0.29) is 0 Å². The fourth-order valence-corrected chi connectivity index (χ4v) is 3.59. The summed E-state index contributed by atoms with van der Waals surface area (Å²) >= 11 is 0. The van der Waals surface area contributed by atoms with Crippen LogP contribution in [-0.4, -0.2) is 10.2 Å². The van der Waals surface area contributed by atoms with Gasteiger partial charge in [-0.05, 0) is 85.0 Å². The molecule has 0 saturated carbocycles. The average molecular weight is 298 g/mol. The van der Waals surface area contributed by atoms with E-state index in [1.54, 1.807) is 12.1 Å². The van der Waals surface area contributed by atoms with Crippen LogP contribution < -0.4 is 0 Å². The Bertz CT molecular complexity index is 589. The fourth-order valence-electron chi connectivity index (χ4n) is 3.59. The van der Waals surface area contributed by atoms with Crippen LogP contribution >= 0.6 is 0 Å². The first-order valence-electron chi connectivity index (χ1n) is 8.06. The summed E-state index contributed by atoms with van der Waals surface area (Å²) in [6.07, 6.45) is 2.09. The monoisotopic (exact) mass is 298 g/mol. The van der Waals surface area contributed by atoms with E-state index in [0.717, 1.165) is 24.0 Å².